The zero-order chi connectivity index (χ0) is 13.9. The Labute approximate surface area is 115 Å². The number of hydrogen-bond acceptors (Lipinski definition) is 4. The molecular weight excluding hydrogens is 256 g/mol. The monoisotopic (exact) mass is 268 g/mol. The quantitative estimate of drug-likeness (QED) is 0.743. The van der Waals surface area contributed by atoms with E-state index in [1.807, 2.05) is 6.07 Å². The topological polar surface area (TPSA) is 66.5 Å². The van der Waals surface area contributed by atoms with Gasteiger partial charge >= 0.3 is 0 Å². The minimum absolute atomic E-state index is 0.121. The number of ketones is 1. The molecule has 0 unspecified atom stereocenters. The summed E-state index contributed by atoms with van der Waals surface area (Å²) in [4.78, 5) is 38.2. The molecule has 2 bridgehead atoms. The molecule has 2 amide bonds. The van der Waals surface area contributed by atoms with Crippen LogP contribution in [-0.4, -0.2) is 29.7 Å². The Hall–Kier alpha value is -2.27. The first kappa shape index (κ1) is 11.5. The minimum Gasteiger partial charge on any atom is -0.299 e. The van der Waals surface area contributed by atoms with Crippen LogP contribution < -0.4 is 10.2 Å². The van der Waals surface area contributed by atoms with Crippen LogP contribution in [0.1, 0.15) is 0 Å². The standard InChI is InChI=1S/C15H12N2O3/c18-10-7-6-9-11-12(13(10)16-9)15(20)17(14(11)19)8-4-2-1-3-5-8/h1-7,9,11-13,16H/t9-,11+,12+,13+/m0/s1. The summed E-state index contributed by atoms with van der Waals surface area (Å²) in [6, 6.07) is 8.10. The van der Waals surface area contributed by atoms with E-state index in [-0.39, 0.29) is 23.6 Å². The molecule has 4 atom stereocenters. The summed E-state index contributed by atoms with van der Waals surface area (Å²) in [7, 11) is 0. The van der Waals surface area contributed by atoms with Crippen molar-refractivity contribution in [2.24, 2.45) is 11.8 Å². The maximum atomic E-state index is 12.6. The first-order valence-corrected chi connectivity index (χ1v) is 6.59. The number of carbonyl (C=O) groups is 3. The molecule has 5 heteroatoms. The molecule has 20 heavy (non-hydrogen) atoms. The van der Waals surface area contributed by atoms with E-state index in [0.717, 1.165) is 0 Å². The van der Waals surface area contributed by atoms with E-state index in [9.17, 15) is 14.4 Å². The van der Waals surface area contributed by atoms with Gasteiger partial charge in [-0.05, 0) is 18.2 Å². The van der Waals surface area contributed by atoms with E-state index < -0.39 is 17.9 Å². The summed E-state index contributed by atoms with van der Waals surface area (Å²) >= 11 is 0. The second-order valence-corrected chi connectivity index (χ2v) is 5.33. The molecule has 100 valence electrons. The van der Waals surface area contributed by atoms with Crippen LogP contribution >= 0.6 is 0 Å². The molecule has 3 aliphatic rings. The van der Waals surface area contributed by atoms with E-state index in [2.05, 4.69) is 5.32 Å². The van der Waals surface area contributed by atoms with Crippen molar-refractivity contribution in [1.82, 2.24) is 5.32 Å². The number of benzene rings is 1. The molecule has 3 heterocycles. The summed E-state index contributed by atoms with van der Waals surface area (Å²) in [6.07, 6.45) is 3.18. The number of hydrogen-bond donors (Lipinski definition) is 1. The first-order valence-electron chi connectivity index (χ1n) is 6.59. The zero-order valence-corrected chi connectivity index (χ0v) is 10.5. The highest BCUT2D eigenvalue weighted by Crippen LogP contribution is 2.41. The number of carbonyl (C=O) groups excluding carboxylic acids is 3. The number of imide groups is 1. The molecule has 0 radical (unpaired) electrons. The Kier molecular flexibility index (Phi) is 2.23. The van der Waals surface area contributed by atoms with Gasteiger partial charge in [-0.1, -0.05) is 24.3 Å². The average molecular weight is 268 g/mol. The fourth-order valence-corrected chi connectivity index (χ4v) is 3.42. The van der Waals surface area contributed by atoms with Crippen molar-refractivity contribution < 1.29 is 14.4 Å². The van der Waals surface area contributed by atoms with Crippen LogP contribution in [0.3, 0.4) is 0 Å². The number of anilines is 1. The summed E-state index contributed by atoms with van der Waals surface area (Å²) in [6.45, 7) is 0. The van der Waals surface area contributed by atoms with Crippen molar-refractivity contribution in [2.75, 3.05) is 4.90 Å². The Morgan fingerprint density at radius 2 is 1.65 bits per heavy atom. The summed E-state index contributed by atoms with van der Waals surface area (Å²) in [5.74, 6) is -1.65. The number of rotatable bonds is 1. The third-order valence-electron chi connectivity index (χ3n) is 4.30. The van der Waals surface area contributed by atoms with Gasteiger partial charge in [-0.3, -0.25) is 19.7 Å². The van der Waals surface area contributed by atoms with Crippen molar-refractivity contribution in [3.63, 3.8) is 0 Å². The van der Waals surface area contributed by atoms with Crippen LogP contribution in [0.5, 0.6) is 0 Å². The number of amides is 2. The lowest BCUT2D eigenvalue weighted by molar-refractivity contribution is -0.126. The molecule has 2 fully saturated rings. The summed E-state index contributed by atoms with van der Waals surface area (Å²) in [5, 5.41) is 3.07. The first-order chi connectivity index (χ1) is 9.68. The lowest BCUT2D eigenvalue weighted by Gasteiger charge is -2.22. The van der Waals surface area contributed by atoms with E-state index in [4.69, 9.17) is 0 Å². The van der Waals surface area contributed by atoms with Crippen LogP contribution in [0.25, 0.3) is 0 Å². The smallest absolute Gasteiger partial charge is 0.239 e. The van der Waals surface area contributed by atoms with Crippen LogP contribution in [-0.2, 0) is 14.4 Å². The molecule has 0 saturated carbocycles. The number of nitrogens with zero attached hydrogens (tertiary/aromatic N) is 1. The van der Waals surface area contributed by atoms with Gasteiger partial charge in [0.25, 0.3) is 0 Å². The van der Waals surface area contributed by atoms with Crippen molar-refractivity contribution in [3.8, 4) is 0 Å². The third-order valence-corrected chi connectivity index (χ3v) is 4.30. The van der Waals surface area contributed by atoms with Gasteiger partial charge in [0, 0.05) is 6.04 Å². The maximum absolute atomic E-state index is 12.6. The Morgan fingerprint density at radius 3 is 2.40 bits per heavy atom. The Balaban J connectivity index is 1.78. The van der Waals surface area contributed by atoms with Crippen molar-refractivity contribution in [3.05, 3.63) is 42.5 Å². The van der Waals surface area contributed by atoms with Crippen LogP contribution in [0, 0.1) is 11.8 Å². The summed E-state index contributed by atoms with van der Waals surface area (Å²) < 4.78 is 0. The molecule has 1 aromatic rings. The van der Waals surface area contributed by atoms with Gasteiger partial charge in [0.2, 0.25) is 11.8 Å². The Morgan fingerprint density at radius 1 is 0.950 bits per heavy atom. The Bertz CT molecular complexity index is 652. The highest BCUT2D eigenvalue weighted by molar-refractivity contribution is 6.24. The predicted molar refractivity (Wildman–Crippen MR) is 70.8 cm³/mol. The molecule has 3 aliphatic heterocycles. The molecule has 2 saturated heterocycles. The van der Waals surface area contributed by atoms with Crippen molar-refractivity contribution in [1.29, 1.82) is 0 Å². The van der Waals surface area contributed by atoms with Gasteiger partial charge in [0.05, 0.1) is 23.6 Å². The lowest BCUT2D eigenvalue weighted by Crippen LogP contribution is -2.46. The van der Waals surface area contributed by atoms with Crippen molar-refractivity contribution >= 4 is 23.3 Å². The maximum Gasteiger partial charge on any atom is 0.239 e. The van der Waals surface area contributed by atoms with E-state index in [1.54, 1.807) is 30.3 Å². The highest BCUT2D eigenvalue weighted by Gasteiger charge is 2.60. The lowest BCUT2D eigenvalue weighted by atomic mass is 9.90. The van der Waals surface area contributed by atoms with E-state index >= 15 is 0 Å². The van der Waals surface area contributed by atoms with Gasteiger partial charge < -0.3 is 0 Å². The van der Waals surface area contributed by atoms with E-state index in [1.165, 1.54) is 11.0 Å². The number of para-hydroxylation sites is 1. The van der Waals surface area contributed by atoms with Crippen LogP contribution in [0.4, 0.5) is 5.69 Å². The van der Waals surface area contributed by atoms with Gasteiger partial charge in [0.1, 0.15) is 0 Å². The van der Waals surface area contributed by atoms with Gasteiger partial charge in [-0.25, -0.2) is 4.90 Å². The fraction of sp³-hybridized carbons (Fsp3) is 0.267. The zero-order valence-electron chi connectivity index (χ0n) is 10.5. The van der Waals surface area contributed by atoms with Gasteiger partial charge in [-0.15, -0.1) is 0 Å². The van der Waals surface area contributed by atoms with Crippen LogP contribution in [0.15, 0.2) is 42.5 Å². The van der Waals surface area contributed by atoms with Crippen molar-refractivity contribution in [2.45, 2.75) is 12.1 Å². The number of nitrogens with one attached hydrogen (secondary N) is 1. The van der Waals surface area contributed by atoms with Gasteiger partial charge in [-0.2, -0.15) is 0 Å². The SMILES string of the molecule is O=C1C=C[C@@H]2N[C@H]1[C@@H]1C(=O)N(c3ccccc3)C(=O)[C@@H]12. The summed E-state index contributed by atoms with van der Waals surface area (Å²) in [5.41, 5.74) is 0.575. The second-order valence-electron chi connectivity index (χ2n) is 5.33. The third kappa shape index (κ3) is 1.33. The van der Waals surface area contributed by atoms with Gasteiger partial charge in [0.15, 0.2) is 5.78 Å². The largest absolute Gasteiger partial charge is 0.299 e. The normalized spacial score (nSPS) is 34.8. The van der Waals surface area contributed by atoms with Crippen LogP contribution in [0.2, 0.25) is 0 Å². The molecule has 1 N–H and O–H groups in total. The molecule has 1 aromatic carbocycles. The number of fused-ring (bicyclic) bond motifs is 5. The molecule has 0 spiro atoms. The molecule has 0 aliphatic carbocycles. The fourth-order valence-electron chi connectivity index (χ4n) is 3.42. The predicted octanol–water partition coefficient (Wildman–Crippen LogP) is 0.271. The second kappa shape index (κ2) is 3.86. The molecule has 0 aromatic heterocycles. The highest BCUT2D eigenvalue weighted by atomic mass is 16.2. The average Bonchev–Trinajstić information content (AvgIpc) is 2.91. The molecular formula is C15H12N2O3. The molecule has 4 rings (SSSR count). The minimum atomic E-state index is -0.574. The molecule has 5 nitrogen and oxygen atoms in total. The van der Waals surface area contributed by atoms with E-state index in [0.29, 0.717) is 5.69 Å².